The van der Waals surface area contributed by atoms with Crippen LogP contribution < -0.4 is 10.5 Å². The highest BCUT2D eigenvalue weighted by molar-refractivity contribution is 9.10. The summed E-state index contributed by atoms with van der Waals surface area (Å²) in [5.41, 5.74) is 4.84. The molecule has 2 N–H and O–H groups in total. The number of alkyl halides is 3. The van der Waals surface area contributed by atoms with Crippen LogP contribution in [0, 0.1) is 0 Å². The van der Waals surface area contributed by atoms with Gasteiger partial charge in [0.25, 0.3) is 0 Å². The molecule has 0 bridgehead atoms. The minimum absolute atomic E-state index is 0.124. The molecule has 1 aromatic rings. The zero-order valence-electron chi connectivity index (χ0n) is 9.65. The third-order valence-electron chi connectivity index (χ3n) is 2.25. The largest absolute Gasteiger partial charge is 0.496 e. The van der Waals surface area contributed by atoms with E-state index in [9.17, 15) is 13.2 Å². The Morgan fingerprint density at radius 2 is 1.76 bits per heavy atom. The van der Waals surface area contributed by atoms with Crippen LogP contribution >= 0.6 is 15.9 Å². The number of nitrogens with two attached hydrogens (primary N) is 1. The Morgan fingerprint density at radius 3 is 2.12 bits per heavy atom. The van der Waals surface area contributed by atoms with Crippen LogP contribution in [0.4, 0.5) is 13.2 Å². The van der Waals surface area contributed by atoms with Gasteiger partial charge in [0, 0.05) is 15.6 Å². The monoisotopic (exact) mass is 311 g/mol. The van der Waals surface area contributed by atoms with Gasteiger partial charge in [-0.15, -0.1) is 0 Å². The number of methoxy groups -OCH3 is 1. The number of hydrogen-bond acceptors (Lipinski definition) is 2. The summed E-state index contributed by atoms with van der Waals surface area (Å²) in [6.45, 7) is 3.39. The molecule has 0 aliphatic heterocycles. The van der Waals surface area contributed by atoms with Crippen molar-refractivity contribution in [3.8, 4) is 5.75 Å². The molecule has 2 nitrogen and oxygen atoms in total. The first kappa shape index (κ1) is 14.3. The predicted molar refractivity (Wildman–Crippen MR) is 62.9 cm³/mol. The van der Waals surface area contributed by atoms with Crippen LogP contribution in [0.2, 0.25) is 0 Å². The molecule has 0 spiro atoms. The second-order valence-corrected chi connectivity index (χ2v) is 5.11. The molecule has 0 unspecified atom stereocenters. The van der Waals surface area contributed by atoms with Crippen LogP contribution in [-0.4, -0.2) is 7.11 Å². The lowest BCUT2D eigenvalue weighted by Gasteiger charge is -2.24. The van der Waals surface area contributed by atoms with Crippen molar-refractivity contribution in [3.63, 3.8) is 0 Å². The Kier molecular flexibility index (Phi) is 3.78. The van der Waals surface area contributed by atoms with Gasteiger partial charge in [-0.05, 0) is 26.0 Å². The fourth-order valence-corrected chi connectivity index (χ4v) is 2.48. The summed E-state index contributed by atoms with van der Waals surface area (Å²) in [5, 5.41) is 0. The molecule has 0 aromatic heterocycles. The van der Waals surface area contributed by atoms with Gasteiger partial charge < -0.3 is 10.5 Å². The minimum Gasteiger partial charge on any atom is -0.496 e. The van der Waals surface area contributed by atoms with Crippen LogP contribution in [0.3, 0.4) is 0 Å². The summed E-state index contributed by atoms with van der Waals surface area (Å²) < 4.78 is 43.1. The van der Waals surface area contributed by atoms with E-state index in [-0.39, 0.29) is 10.2 Å². The Balaban J connectivity index is 3.47. The fraction of sp³-hybridized carbons (Fsp3) is 0.455. The number of benzene rings is 1. The van der Waals surface area contributed by atoms with E-state index in [2.05, 4.69) is 15.9 Å². The predicted octanol–water partition coefficient (Wildman–Crippen LogP) is 3.67. The average Bonchev–Trinajstić information content (AvgIpc) is 2.12. The standard InChI is InChI=1S/C11H13BrF3NO/c1-10(2,16)9-7(12)4-6(11(13,14)15)5-8(9)17-3/h4-5H,16H2,1-3H3. The molecule has 0 aliphatic carbocycles. The first-order valence-corrected chi connectivity index (χ1v) is 5.60. The van der Waals surface area contributed by atoms with Crippen molar-refractivity contribution in [3.05, 3.63) is 27.7 Å². The summed E-state index contributed by atoms with van der Waals surface area (Å²) in [4.78, 5) is 0. The molecule has 0 radical (unpaired) electrons. The highest BCUT2D eigenvalue weighted by atomic mass is 79.9. The summed E-state index contributed by atoms with van der Waals surface area (Å²) in [6.07, 6.45) is -4.41. The zero-order chi connectivity index (χ0) is 13.4. The topological polar surface area (TPSA) is 35.2 Å². The molecular formula is C11H13BrF3NO. The Morgan fingerprint density at radius 1 is 1.24 bits per heavy atom. The van der Waals surface area contributed by atoms with Crippen molar-refractivity contribution in [2.24, 2.45) is 5.73 Å². The molecular weight excluding hydrogens is 299 g/mol. The normalized spacial score (nSPS) is 12.7. The third kappa shape index (κ3) is 3.13. The van der Waals surface area contributed by atoms with E-state index < -0.39 is 17.3 Å². The lowest BCUT2D eigenvalue weighted by Crippen LogP contribution is -2.30. The van der Waals surface area contributed by atoms with Crippen molar-refractivity contribution in [1.82, 2.24) is 0 Å². The van der Waals surface area contributed by atoms with Crippen LogP contribution in [0.25, 0.3) is 0 Å². The highest BCUT2D eigenvalue weighted by Crippen LogP contribution is 2.40. The smallest absolute Gasteiger partial charge is 0.416 e. The number of halogens is 4. The SMILES string of the molecule is COc1cc(C(F)(F)F)cc(Br)c1C(C)(C)N. The van der Waals surface area contributed by atoms with Gasteiger partial charge in [-0.25, -0.2) is 0 Å². The Bertz CT molecular complexity index is 424. The molecule has 0 atom stereocenters. The average molecular weight is 312 g/mol. The van der Waals surface area contributed by atoms with Crippen molar-refractivity contribution in [2.75, 3.05) is 7.11 Å². The third-order valence-corrected chi connectivity index (χ3v) is 2.87. The highest BCUT2D eigenvalue weighted by Gasteiger charge is 2.34. The molecule has 0 saturated heterocycles. The van der Waals surface area contributed by atoms with Gasteiger partial charge in [0.1, 0.15) is 5.75 Å². The Labute approximate surface area is 106 Å². The summed E-state index contributed by atoms with van der Waals surface area (Å²) in [6, 6.07) is 1.96. The second-order valence-electron chi connectivity index (χ2n) is 4.25. The van der Waals surface area contributed by atoms with E-state index in [0.29, 0.717) is 5.56 Å². The molecule has 17 heavy (non-hydrogen) atoms. The molecule has 0 saturated carbocycles. The van der Waals surface area contributed by atoms with Crippen LogP contribution in [0.15, 0.2) is 16.6 Å². The van der Waals surface area contributed by atoms with E-state index in [4.69, 9.17) is 10.5 Å². The lowest BCUT2D eigenvalue weighted by molar-refractivity contribution is -0.137. The first-order chi connectivity index (χ1) is 7.57. The van der Waals surface area contributed by atoms with Crippen LogP contribution in [0.1, 0.15) is 25.0 Å². The van der Waals surface area contributed by atoms with E-state index in [0.717, 1.165) is 12.1 Å². The van der Waals surface area contributed by atoms with Crippen molar-refractivity contribution in [2.45, 2.75) is 25.6 Å². The zero-order valence-corrected chi connectivity index (χ0v) is 11.2. The van der Waals surface area contributed by atoms with Crippen LogP contribution in [0.5, 0.6) is 5.75 Å². The summed E-state index contributed by atoms with van der Waals surface area (Å²) in [7, 11) is 1.32. The fourth-order valence-electron chi connectivity index (χ4n) is 1.53. The van der Waals surface area contributed by atoms with Crippen molar-refractivity contribution in [1.29, 1.82) is 0 Å². The molecule has 1 rings (SSSR count). The van der Waals surface area contributed by atoms with Gasteiger partial charge in [-0.3, -0.25) is 0 Å². The molecule has 1 aromatic carbocycles. The summed E-state index contributed by atoms with van der Waals surface area (Å²) in [5.74, 6) is 0.124. The van der Waals surface area contributed by atoms with E-state index in [1.54, 1.807) is 13.8 Å². The first-order valence-electron chi connectivity index (χ1n) is 4.81. The van der Waals surface area contributed by atoms with Crippen molar-refractivity contribution >= 4 is 15.9 Å². The maximum Gasteiger partial charge on any atom is 0.416 e. The lowest BCUT2D eigenvalue weighted by atomic mass is 9.93. The van der Waals surface area contributed by atoms with E-state index >= 15 is 0 Å². The molecule has 0 aliphatic rings. The van der Waals surface area contributed by atoms with Gasteiger partial charge in [0.2, 0.25) is 0 Å². The van der Waals surface area contributed by atoms with Gasteiger partial charge >= 0.3 is 6.18 Å². The number of rotatable bonds is 2. The number of hydrogen-bond donors (Lipinski definition) is 1. The number of ether oxygens (including phenoxy) is 1. The molecule has 6 heteroatoms. The van der Waals surface area contributed by atoms with Crippen LogP contribution in [-0.2, 0) is 11.7 Å². The van der Waals surface area contributed by atoms with E-state index in [1.165, 1.54) is 7.11 Å². The summed E-state index contributed by atoms with van der Waals surface area (Å²) >= 11 is 3.11. The molecule has 0 amide bonds. The van der Waals surface area contributed by atoms with Gasteiger partial charge in [0.15, 0.2) is 0 Å². The maximum atomic E-state index is 12.6. The van der Waals surface area contributed by atoms with Gasteiger partial charge in [-0.2, -0.15) is 13.2 Å². The Hall–Kier alpha value is -0.750. The van der Waals surface area contributed by atoms with Crippen molar-refractivity contribution < 1.29 is 17.9 Å². The minimum atomic E-state index is -4.41. The quantitative estimate of drug-likeness (QED) is 0.904. The van der Waals surface area contributed by atoms with Gasteiger partial charge in [-0.1, -0.05) is 15.9 Å². The second kappa shape index (κ2) is 4.49. The van der Waals surface area contributed by atoms with Gasteiger partial charge in [0.05, 0.1) is 12.7 Å². The molecule has 0 heterocycles. The molecule has 0 fully saturated rings. The maximum absolute atomic E-state index is 12.6. The van der Waals surface area contributed by atoms with E-state index in [1.807, 2.05) is 0 Å². The molecule has 96 valence electrons.